The molecule has 5 nitrogen and oxygen atoms in total. The summed E-state index contributed by atoms with van der Waals surface area (Å²) in [6, 6.07) is 6.61. The van der Waals surface area contributed by atoms with Gasteiger partial charge < -0.3 is 14.7 Å². The average Bonchev–Trinajstić information content (AvgIpc) is 2.84. The summed E-state index contributed by atoms with van der Waals surface area (Å²) in [5, 5.41) is 9.49. The maximum absolute atomic E-state index is 12.7. The third-order valence-corrected chi connectivity index (χ3v) is 3.97. The summed E-state index contributed by atoms with van der Waals surface area (Å²) in [5.41, 5.74) is -1.08. The molecule has 1 aromatic carbocycles. The number of carbonyl (C=O) groups is 2. The lowest BCUT2D eigenvalue weighted by molar-refractivity contribution is -0.148. The van der Waals surface area contributed by atoms with Crippen LogP contribution in [0, 0.1) is 0 Å². The van der Waals surface area contributed by atoms with Gasteiger partial charge in [-0.05, 0) is 44.9 Å². The summed E-state index contributed by atoms with van der Waals surface area (Å²) in [6.45, 7) is 3.94. The second-order valence-electron chi connectivity index (χ2n) is 5.96. The van der Waals surface area contributed by atoms with Crippen LogP contribution >= 0.6 is 11.6 Å². The van der Waals surface area contributed by atoms with E-state index in [-0.39, 0.29) is 18.4 Å². The van der Waals surface area contributed by atoms with Gasteiger partial charge in [0.1, 0.15) is 5.75 Å². The van der Waals surface area contributed by atoms with Crippen LogP contribution in [0.5, 0.6) is 5.75 Å². The van der Waals surface area contributed by atoms with Crippen molar-refractivity contribution in [2.75, 3.05) is 6.54 Å². The molecule has 1 amide bonds. The van der Waals surface area contributed by atoms with Gasteiger partial charge in [-0.2, -0.15) is 0 Å². The minimum absolute atomic E-state index is 0.0288. The maximum atomic E-state index is 12.7. The molecule has 0 spiro atoms. The van der Waals surface area contributed by atoms with Gasteiger partial charge in [0.25, 0.3) is 5.91 Å². The Morgan fingerprint density at radius 2 is 2.18 bits per heavy atom. The molecule has 22 heavy (non-hydrogen) atoms. The maximum Gasteiger partial charge on any atom is 0.305 e. The highest BCUT2D eigenvalue weighted by molar-refractivity contribution is 6.30. The van der Waals surface area contributed by atoms with Gasteiger partial charge in [0, 0.05) is 17.6 Å². The molecule has 0 radical (unpaired) electrons. The van der Waals surface area contributed by atoms with Gasteiger partial charge >= 0.3 is 5.97 Å². The summed E-state index contributed by atoms with van der Waals surface area (Å²) < 4.78 is 5.79. The van der Waals surface area contributed by atoms with Crippen molar-refractivity contribution in [3.63, 3.8) is 0 Å². The number of carboxylic acids is 1. The molecule has 0 bridgehead atoms. The Bertz CT molecular complexity index is 573. The van der Waals surface area contributed by atoms with Crippen LogP contribution < -0.4 is 4.74 Å². The van der Waals surface area contributed by atoms with E-state index in [9.17, 15) is 9.59 Å². The van der Waals surface area contributed by atoms with E-state index < -0.39 is 11.6 Å². The number of carboxylic acid groups (broad SMARTS) is 1. The number of carbonyl (C=O) groups excluding carboxylic acids is 1. The van der Waals surface area contributed by atoms with Crippen molar-refractivity contribution < 1.29 is 19.4 Å². The number of hydrogen-bond donors (Lipinski definition) is 1. The summed E-state index contributed by atoms with van der Waals surface area (Å²) in [5.74, 6) is -0.575. The molecule has 1 fully saturated rings. The van der Waals surface area contributed by atoms with Crippen LogP contribution in [0.3, 0.4) is 0 Å². The molecule has 120 valence electrons. The summed E-state index contributed by atoms with van der Waals surface area (Å²) in [6.07, 6.45) is 1.50. The van der Waals surface area contributed by atoms with E-state index in [1.165, 1.54) is 0 Å². The number of likely N-dealkylation sites (tertiary alicyclic amines) is 1. The van der Waals surface area contributed by atoms with Crippen LogP contribution in [0.4, 0.5) is 0 Å². The lowest BCUT2D eigenvalue weighted by Gasteiger charge is -2.33. The fraction of sp³-hybridized carbons (Fsp3) is 0.500. The third-order valence-electron chi connectivity index (χ3n) is 3.73. The van der Waals surface area contributed by atoms with E-state index >= 15 is 0 Å². The first kappa shape index (κ1) is 16.6. The summed E-state index contributed by atoms with van der Waals surface area (Å²) in [4.78, 5) is 25.3. The summed E-state index contributed by atoms with van der Waals surface area (Å²) >= 11 is 5.92. The van der Waals surface area contributed by atoms with E-state index in [0.717, 1.165) is 6.42 Å². The Morgan fingerprint density at radius 1 is 1.45 bits per heavy atom. The fourth-order valence-electron chi connectivity index (χ4n) is 2.73. The molecule has 1 N–H and O–H groups in total. The van der Waals surface area contributed by atoms with Crippen molar-refractivity contribution in [1.29, 1.82) is 0 Å². The fourth-order valence-corrected chi connectivity index (χ4v) is 2.91. The van der Waals surface area contributed by atoms with Crippen molar-refractivity contribution >= 4 is 23.5 Å². The van der Waals surface area contributed by atoms with Gasteiger partial charge in [0.15, 0.2) is 5.60 Å². The lowest BCUT2D eigenvalue weighted by Crippen LogP contribution is -2.50. The standard InChI is InChI=1S/C16H20ClNO4/c1-16(2,22-13-7-3-5-11(17)9-13)15(21)18-8-4-6-12(18)10-14(19)20/h3,5,7,9,12H,4,6,8,10H2,1-2H3,(H,19,20). The second kappa shape index (κ2) is 6.57. The van der Waals surface area contributed by atoms with Crippen LogP contribution in [-0.4, -0.2) is 40.1 Å². The first-order chi connectivity index (χ1) is 10.3. The van der Waals surface area contributed by atoms with Gasteiger partial charge in [0.2, 0.25) is 0 Å². The number of amides is 1. The number of nitrogens with zero attached hydrogens (tertiary/aromatic N) is 1. The third kappa shape index (κ3) is 3.91. The highest BCUT2D eigenvalue weighted by Crippen LogP contribution is 2.27. The van der Waals surface area contributed by atoms with E-state index in [1.54, 1.807) is 43.0 Å². The zero-order chi connectivity index (χ0) is 16.3. The van der Waals surface area contributed by atoms with E-state index in [0.29, 0.717) is 23.7 Å². The molecule has 1 aliphatic rings. The first-order valence-corrected chi connectivity index (χ1v) is 7.65. The minimum Gasteiger partial charge on any atom is -0.481 e. The Kier molecular flexibility index (Phi) is 4.96. The first-order valence-electron chi connectivity index (χ1n) is 7.27. The average molecular weight is 326 g/mol. The van der Waals surface area contributed by atoms with Gasteiger partial charge in [-0.1, -0.05) is 17.7 Å². The topological polar surface area (TPSA) is 66.8 Å². The van der Waals surface area contributed by atoms with Gasteiger partial charge in [-0.3, -0.25) is 9.59 Å². The molecule has 0 aromatic heterocycles. The predicted octanol–water partition coefficient (Wildman–Crippen LogP) is 2.96. The molecular weight excluding hydrogens is 306 g/mol. The SMILES string of the molecule is CC(C)(Oc1cccc(Cl)c1)C(=O)N1CCCC1CC(=O)O. The van der Waals surface area contributed by atoms with E-state index in [2.05, 4.69) is 0 Å². The molecule has 1 unspecified atom stereocenters. The normalized spacial score (nSPS) is 18.3. The Hall–Kier alpha value is -1.75. The quantitative estimate of drug-likeness (QED) is 0.903. The lowest BCUT2D eigenvalue weighted by atomic mass is 10.1. The van der Waals surface area contributed by atoms with E-state index in [1.807, 2.05) is 0 Å². The molecule has 6 heteroatoms. The van der Waals surface area contributed by atoms with Crippen molar-refractivity contribution in [3.05, 3.63) is 29.3 Å². The van der Waals surface area contributed by atoms with Crippen LogP contribution in [0.1, 0.15) is 33.1 Å². The van der Waals surface area contributed by atoms with Crippen LogP contribution in [0.25, 0.3) is 0 Å². The zero-order valence-electron chi connectivity index (χ0n) is 12.7. The monoisotopic (exact) mass is 325 g/mol. The van der Waals surface area contributed by atoms with Gasteiger partial charge in [-0.15, -0.1) is 0 Å². The molecule has 1 atom stereocenters. The molecule has 0 saturated carbocycles. The highest BCUT2D eigenvalue weighted by atomic mass is 35.5. The number of rotatable bonds is 5. The van der Waals surface area contributed by atoms with Crippen molar-refractivity contribution in [3.8, 4) is 5.75 Å². The van der Waals surface area contributed by atoms with Crippen LogP contribution in [0.2, 0.25) is 5.02 Å². The predicted molar refractivity (Wildman–Crippen MR) is 83.1 cm³/mol. The second-order valence-corrected chi connectivity index (χ2v) is 6.40. The Balaban J connectivity index is 2.10. The molecular formula is C16H20ClNO4. The smallest absolute Gasteiger partial charge is 0.305 e. The van der Waals surface area contributed by atoms with Gasteiger partial charge in [0.05, 0.1) is 6.42 Å². The number of halogens is 1. The number of ether oxygens (including phenoxy) is 1. The van der Waals surface area contributed by atoms with Crippen LogP contribution in [0.15, 0.2) is 24.3 Å². The number of aliphatic carboxylic acids is 1. The van der Waals surface area contributed by atoms with Crippen molar-refractivity contribution in [2.24, 2.45) is 0 Å². The zero-order valence-corrected chi connectivity index (χ0v) is 13.5. The van der Waals surface area contributed by atoms with Crippen molar-refractivity contribution in [2.45, 2.75) is 44.8 Å². The minimum atomic E-state index is -1.08. The highest BCUT2D eigenvalue weighted by Gasteiger charge is 2.40. The Labute approximate surface area is 134 Å². The van der Waals surface area contributed by atoms with E-state index in [4.69, 9.17) is 21.4 Å². The number of hydrogen-bond acceptors (Lipinski definition) is 3. The molecule has 1 saturated heterocycles. The molecule has 0 aliphatic carbocycles. The molecule has 2 rings (SSSR count). The Morgan fingerprint density at radius 3 is 2.82 bits per heavy atom. The molecule has 1 heterocycles. The van der Waals surface area contributed by atoms with Crippen LogP contribution in [-0.2, 0) is 9.59 Å². The van der Waals surface area contributed by atoms with Crippen molar-refractivity contribution in [1.82, 2.24) is 4.90 Å². The molecule has 1 aromatic rings. The molecule has 1 aliphatic heterocycles. The largest absolute Gasteiger partial charge is 0.481 e. The van der Waals surface area contributed by atoms with Gasteiger partial charge in [-0.25, -0.2) is 0 Å². The number of benzene rings is 1. The summed E-state index contributed by atoms with van der Waals surface area (Å²) in [7, 11) is 0.